The van der Waals surface area contributed by atoms with Crippen LogP contribution in [0.3, 0.4) is 0 Å². The van der Waals surface area contributed by atoms with Crippen molar-refractivity contribution in [1.82, 2.24) is 16.0 Å². The molecule has 0 bridgehead atoms. The van der Waals surface area contributed by atoms with E-state index in [-0.39, 0.29) is 74.4 Å². The van der Waals surface area contributed by atoms with Crippen molar-refractivity contribution < 1.29 is 24.3 Å². The molecule has 6 aliphatic carbocycles. The number of rotatable bonds is 5. The Morgan fingerprint density at radius 2 is 0.933 bits per heavy atom. The van der Waals surface area contributed by atoms with Crippen LogP contribution in [0.15, 0.2) is 85.0 Å². The van der Waals surface area contributed by atoms with Gasteiger partial charge in [0.25, 0.3) is 0 Å². The van der Waals surface area contributed by atoms with E-state index in [1.54, 1.807) is 12.2 Å². The Kier molecular flexibility index (Phi) is 25.6. The van der Waals surface area contributed by atoms with E-state index in [2.05, 4.69) is 119 Å². The molecule has 422 valence electrons. The Bertz CT molecular complexity index is 2180. The predicted octanol–water partition coefficient (Wildman–Crippen LogP) is 15.7. The van der Waals surface area contributed by atoms with E-state index in [9.17, 15) is 24.3 Å². The summed E-state index contributed by atoms with van der Waals surface area (Å²) >= 11 is 4.24. The van der Waals surface area contributed by atoms with Gasteiger partial charge in [0.2, 0.25) is 17.7 Å². The lowest BCUT2D eigenvalue weighted by atomic mass is 9.48. The van der Waals surface area contributed by atoms with Crippen LogP contribution in [0.2, 0.25) is 0 Å². The molecule has 75 heavy (non-hydrogen) atoms. The van der Waals surface area contributed by atoms with Crippen molar-refractivity contribution in [3.63, 3.8) is 0 Å². The summed E-state index contributed by atoms with van der Waals surface area (Å²) in [5, 5.41) is 19.4. The molecule has 2 heterocycles. The van der Waals surface area contributed by atoms with Crippen LogP contribution >= 0.6 is 37.2 Å². The molecular weight excluding hydrogens is 1160 g/mol. The first kappa shape index (κ1) is 66.5. The number of halogens is 2. The van der Waals surface area contributed by atoms with Crippen molar-refractivity contribution in [3.05, 3.63) is 96.1 Å². The highest BCUT2D eigenvalue weighted by atomic mass is 128. The quantitative estimate of drug-likeness (QED) is 0.188. The zero-order valence-corrected chi connectivity index (χ0v) is 53.6. The molecule has 14 unspecified atom stereocenters. The van der Waals surface area contributed by atoms with E-state index in [0.29, 0.717) is 35.5 Å². The fourth-order valence-corrected chi connectivity index (χ4v) is 15.7. The van der Waals surface area contributed by atoms with Gasteiger partial charge in [0.15, 0.2) is 0 Å². The number of benzene rings is 2. The van der Waals surface area contributed by atoms with Crippen molar-refractivity contribution in [2.24, 2.45) is 74.7 Å². The molecule has 2 aromatic carbocycles. The first-order valence-electron chi connectivity index (χ1n) is 29.2. The largest absolute Gasteiger partial charge is 0.481 e. The Balaban J connectivity index is 0.000000300. The molecule has 6 saturated carbocycles. The summed E-state index contributed by atoms with van der Waals surface area (Å²) in [6.45, 7) is 33.5. The first-order chi connectivity index (χ1) is 35.6. The molecule has 11 heteroatoms. The normalized spacial score (nSPS) is 35.0. The number of aliphatic carboxylic acids is 1. The average molecular weight is 1260 g/mol. The van der Waals surface area contributed by atoms with Gasteiger partial charge in [-0.05, 0) is 174 Å². The van der Waals surface area contributed by atoms with E-state index < -0.39 is 5.97 Å². The fraction of sp³-hybridized carbons (Fsp3) is 0.688. The average Bonchev–Trinajstić information content (AvgIpc) is 3.97. The maximum atomic E-state index is 13.6. The highest BCUT2D eigenvalue weighted by Crippen LogP contribution is 2.66. The van der Waals surface area contributed by atoms with Crippen LogP contribution in [0.25, 0.3) is 0 Å². The van der Waals surface area contributed by atoms with Crippen molar-refractivity contribution >= 4 is 60.9 Å². The van der Waals surface area contributed by atoms with E-state index in [4.69, 9.17) is 5.73 Å². The van der Waals surface area contributed by atoms with Crippen LogP contribution in [0.4, 0.5) is 0 Å². The highest BCUT2D eigenvalue weighted by Gasteiger charge is 2.62. The zero-order valence-electron chi connectivity index (χ0n) is 49.3. The fourth-order valence-electron chi connectivity index (χ4n) is 15.7. The van der Waals surface area contributed by atoms with Gasteiger partial charge < -0.3 is 26.8 Å². The molecule has 9 nitrogen and oxygen atoms in total. The summed E-state index contributed by atoms with van der Waals surface area (Å²) in [5.41, 5.74) is 7.73. The molecule has 0 aromatic heterocycles. The van der Waals surface area contributed by atoms with Gasteiger partial charge in [-0.1, -0.05) is 156 Å². The topological polar surface area (TPSA) is 151 Å². The molecule has 0 spiro atoms. The van der Waals surface area contributed by atoms with Gasteiger partial charge in [0.05, 0.1) is 11.5 Å². The van der Waals surface area contributed by atoms with Crippen LogP contribution < -0.4 is 21.7 Å². The summed E-state index contributed by atoms with van der Waals surface area (Å²) in [7, 11) is 0. The van der Waals surface area contributed by atoms with Crippen molar-refractivity contribution in [1.29, 1.82) is 0 Å². The molecule has 0 radical (unpaired) electrons. The summed E-state index contributed by atoms with van der Waals surface area (Å²) < 4.78 is 0. The van der Waals surface area contributed by atoms with Gasteiger partial charge >= 0.3 is 5.97 Å². The molecule has 3 amide bonds. The Morgan fingerprint density at radius 3 is 1.31 bits per heavy atom. The Labute approximate surface area is 479 Å². The molecule has 14 atom stereocenters. The first-order valence-corrected chi connectivity index (χ1v) is 35.5. The van der Waals surface area contributed by atoms with Gasteiger partial charge in [-0.3, -0.25) is 19.2 Å². The molecule has 6 fully saturated rings. The van der Waals surface area contributed by atoms with E-state index in [1.165, 1.54) is 12.0 Å². The van der Waals surface area contributed by atoms with Gasteiger partial charge in [0.1, 0.15) is 0 Å². The second kappa shape index (κ2) is 28.9. The molecule has 2 aliphatic heterocycles. The number of carboxylic acid groups (broad SMARTS) is 1. The molecule has 0 saturated heterocycles. The summed E-state index contributed by atoms with van der Waals surface area (Å²) in [4.78, 5) is 49.0. The summed E-state index contributed by atoms with van der Waals surface area (Å²) in [6.07, 6.45) is 20.6. The van der Waals surface area contributed by atoms with Gasteiger partial charge in [0, 0.05) is 71.6 Å². The lowest BCUT2D eigenvalue weighted by Gasteiger charge is -2.58. The molecule has 8 aliphatic rings. The number of carboxylic acids is 1. The maximum absolute atomic E-state index is 13.6. The predicted molar refractivity (Wildman–Crippen MR) is 330 cm³/mol. The van der Waals surface area contributed by atoms with Gasteiger partial charge in [-0.2, -0.15) is 0 Å². The SMILES string of the molecule is CC.CC.CC.CC.CC(C)(N)c1ccccc1.CC(C)(NC(=O)C1CCC2C3CCC4NC(=O)C=CC4(C)C3CCC12C)c1ccccc1.CC12C=CC(=O)NC1CCC1C2CCC2(C)C(C(=O)O)CCC12.II. The van der Waals surface area contributed by atoms with Crippen molar-refractivity contribution in [3.8, 4) is 0 Å². The monoisotopic (exact) mass is 1260 g/mol. The molecule has 6 N–H and O–H groups in total. The lowest BCUT2D eigenvalue weighted by molar-refractivity contribution is -0.150. The van der Waals surface area contributed by atoms with Crippen LogP contribution in [0, 0.1) is 69.0 Å². The second-order valence-corrected chi connectivity index (χ2v) is 23.7. The van der Waals surface area contributed by atoms with Gasteiger partial charge in [-0.25, -0.2) is 0 Å². The third-order valence-electron chi connectivity index (χ3n) is 19.4. The maximum Gasteiger partial charge on any atom is 0.307 e. The van der Waals surface area contributed by atoms with Crippen molar-refractivity contribution in [2.75, 3.05) is 0 Å². The van der Waals surface area contributed by atoms with Crippen molar-refractivity contribution in [2.45, 2.75) is 211 Å². The molecule has 2 aromatic rings. The lowest BCUT2D eigenvalue weighted by Crippen LogP contribution is -2.59. The third-order valence-corrected chi connectivity index (χ3v) is 19.4. The van der Waals surface area contributed by atoms with Crippen LogP contribution in [0.5, 0.6) is 0 Å². The smallest absolute Gasteiger partial charge is 0.307 e. The van der Waals surface area contributed by atoms with Gasteiger partial charge in [-0.15, -0.1) is 0 Å². The molecular formula is C64H102I2N4O5. The number of hydrogen-bond donors (Lipinski definition) is 5. The van der Waals surface area contributed by atoms with E-state index >= 15 is 0 Å². The Morgan fingerprint density at radius 1 is 0.560 bits per heavy atom. The minimum atomic E-state index is -0.599. The third kappa shape index (κ3) is 14.3. The van der Waals surface area contributed by atoms with Crippen LogP contribution in [-0.4, -0.2) is 40.9 Å². The number of nitrogens with two attached hydrogens (primary N) is 1. The van der Waals surface area contributed by atoms with E-state index in [1.807, 2.05) is 118 Å². The second-order valence-electron chi connectivity index (χ2n) is 23.7. The highest BCUT2D eigenvalue weighted by molar-refractivity contribution is 15.0. The molecule has 10 rings (SSSR count). The number of carbonyl (C=O) groups excluding carboxylic acids is 3. The summed E-state index contributed by atoms with van der Waals surface area (Å²) in [5.74, 6) is 3.21. The number of hydrogen-bond acceptors (Lipinski definition) is 5. The number of carbonyl (C=O) groups is 4. The zero-order chi connectivity index (χ0) is 56.7. The number of fused-ring (bicyclic) bond motifs is 10. The minimum absolute atomic E-state index is 0.0299. The summed E-state index contributed by atoms with van der Waals surface area (Å²) in [6, 6.07) is 20.9. The number of nitrogens with one attached hydrogen (secondary N) is 3. The standard InChI is InChI=1S/C28H38N2O2.C19H27NO3.C9H13N.4C2H6.I2/c1-26(2,18-8-6-5-7-9-18)30-25(32)22-12-11-20-19-10-13-23-28(4,17-15-24(31)29-23)21(19)14-16-27(20,22)3;1-18-9-7-13-11(12(18)4-5-14(18)17(22)23)3-6-15-19(13,2)10-8-16(21)20-15;1-9(2,10)8-6-4-3-5-7-8;5*1-2/h5-9,15,17,19-23H,10-14,16H2,1-4H3,(H,29,31)(H,30,32);8,10-15H,3-7,9H2,1-2H3,(H,20,21)(H,22,23);3-7H,10H2,1-2H3;4*1-2H3;. The van der Waals surface area contributed by atoms with Crippen LogP contribution in [0.1, 0.15) is 199 Å². The van der Waals surface area contributed by atoms with E-state index in [0.717, 1.165) is 76.2 Å². The minimum Gasteiger partial charge on any atom is -0.481 e. The Hall–Kier alpha value is -2.78. The number of amides is 3. The van der Waals surface area contributed by atoms with Crippen LogP contribution in [-0.2, 0) is 30.3 Å².